The molecule has 2 aromatic rings. The maximum Gasteiger partial charge on any atom is 0.340 e. The van der Waals surface area contributed by atoms with Gasteiger partial charge >= 0.3 is 5.97 Å². The van der Waals surface area contributed by atoms with Crippen molar-refractivity contribution in [2.24, 2.45) is 0 Å². The van der Waals surface area contributed by atoms with E-state index in [1.807, 2.05) is 18.2 Å². The molecule has 0 radical (unpaired) electrons. The van der Waals surface area contributed by atoms with Crippen molar-refractivity contribution in [1.29, 1.82) is 0 Å². The van der Waals surface area contributed by atoms with Crippen LogP contribution < -0.4 is 4.90 Å². The van der Waals surface area contributed by atoms with Crippen molar-refractivity contribution in [3.8, 4) is 0 Å². The summed E-state index contributed by atoms with van der Waals surface area (Å²) < 4.78 is 4.71. The van der Waals surface area contributed by atoms with Crippen molar-refractivity contribution in [1.82, 2.24) is 4.98 Å². The molecule has 2 rings (SSSR count). The summed E-state index contributed by atoms with van der Waals surface area (Å²) in [4.78, 5) is 18.1. The number of ether oxygens (including phenoxy) is 1. The zero-order valence-corrected chi connectivity index (χ0v) is 12.6. The fourth-order valence-electron chi connectivity index (χ4n) is 2.19. The van der Waals surface area contributed by atoms with Gasteiger partial charge in [0.2, 0.25) is 0 Å². The molecule has 106 valence electrons. The number of carbonyl (C=O) groups is 1. The largest absolute Gasteiger partial charge is 0.465 e. The molecule has 0 saturated carbocycles. The van der Waals surface area contributed by atoms with E-state index in [1.165, 1.54) is 13.3 Å². The molecule has 4 nitrogen and oxygen atoms in total. The van der Waals surface area contributed by atoms with Crippen LogP contribution in [0.2, 0.25) is 5.02 Å². The number of hydrogen-bond donors (Lipinski definition) is 0. The van der Waals surface area contributed by atoms with Crippen molar-refractivity contribution >= 4 is 34.2 Å². The SMILES string of the molecule is CCN(CC)c1ccc2ncc(C(=O)OC)c(Cl)c2c1. The van der Waals surface area contributed by atoms with Crippen LogP contribution in [0, 0.1) is 0 Å². The molecule has 0 bridgehead atoms. The van der Waals surface area contributed by atoms with Gasteiger partial charge in [-0.1, -0.05) is 11.6 Å². The Morgan fingerprint density at radius 1 is 1.35 bits per heavy atom. The number of nitrogens with zero attached hydrogens (tertiary/aromatic N) is 2. The van der Waals surface area contributed by atoms with E-state index in [1.54, 1.807) is 0 Å². The smallest absolute Gasteiger partial charge is 0.340 e. The van der Waals surface area contributed by atoms with Crippen molar-refractivity contribution < 1.29 is 9.53 Å². The number of fused-ring (bicyclic) bond motifs is 1. The predicted molar refractivity (Wildman–Crippen MR) is 81.7 cm³/mol. The van der Waals surface area contributed by atoms with E-state index in [0.29, 0.717) is 10.6 Å². The Bertz CT molecular complexity index is 639. The molecular formula is C15H17ClN2O2. The van der Waals surface area contributed by atoms with E-state index in [-0.39, 0.29) is 0 Å². The summed E-state index contributed by atoms with van der Waals surface area (Å²) in [6.07, 6.45) is 1.45. The highest BCUT2D eigenvalue weighted by Gasteiger charge is 2.15. The van der Waals surface area contributed by atoms with E-state index >= 15 is 0 Å². The lowest BCUT2D eigenvalue weighted by Crippen LogP contribution is -2.21. The molecule has 1 aromatic carbocycles. The van der Waals surface area contributed by atoms with Crippen LogP contribution in [0.4, 0.5) is 5.69 Å². The Labute approximate surface area is 123 Å². The van der Waals surface area contributed by atoms with Crippen molar-refractivity contribution in [3.63, 3.8) is 0 Å². The number of esters is 1. The van der Waals surface area contributed by atoms with Gasteiger partial charge in [-0.05, 0) is 32.0 Å². The molecule has 0 aliphatic rings. The molecular weight excluding hydrogens is 276 g/mol. The van der Waals surface area contributed by atoms with Gasteiger partial charge in [0.1, 0.15) is 0 Å². The van der Waals surface area contributed by atoms with Gasteiger partial charge in [-0.15, -0.1) is 0 Å². The third kappa shape index (κ3) is 2.56. The van der Waals surface area contributed by atoms with E-state index in [2.05, 4.69) is 23.7 Å². The average molecular weight is 293 g/mol. The number of anilines is 1. The molecule has 0 aliphatic carbocycles. The fraction of sp³-hybridized carbons (Fsp3) is 0.333. The molecule has 0 N–H and O–H groups in total. The van der Waals surface area contributed by atoms with Gasteiger partial charge < -0.3 is 9.64 Å². The van der Waals surface area contributed by atoms with Gasteiger partial charge in [-0.3, -0.25) is 4.98 Å². The van der Waals surface area contributed by atoms with Crippen molar-refractivity contribution in [2.75, 3.05) is 25.1 Å². The summed E-state index contributed by atoms with van der Waals surface area (Å²) >= 11 is 6.32. The minimum atomic E-state index is -0.474. The maximum atomic E-state index is 11.7. The molecule has 0 atom stereocenters. The number of pyridine rings is 1. The average Bonchev–Trinajstić information content (AvgIpc) is 2.48. The highest BCUT2D eigenvalue weighted by molar-refractivity contribution is 6.38. The minimum absolute atomic E-state index is 0.290. The summed E-state index contributed by atoms with van der Waals surface area (Å²) in [5.74, 6) is -0.474. The molecule has 0 amide bonds. The van der Waals surface area contributed by atoms with Crippen LogP contribution in [-0.2, 0) is 4.74 Å². The standard InChI is InChI=1S/C15H17ClN2O2/c1-4-18(5-2)10-6-7-13-11(8-10)14(16)12(9-17-13)15(19)20-3/h6-9H,4-5H2,1-3H3. The summed E-state index contributed by atoms with van der Waals surface area (Å²) in [6, 6.07) is 5.89. The number of halogens is 1. The summed E-state index contributed by atoms with van der Waals surface area (Å²) in [6.45, 7) is 6.00. The van der Waals surface area contributed by atoms with Crippen LogP contribution in [0.1, 0.15) is 24.2 Å². The molecule has 0 spiro atoms. The van der Waals surface area contributed by atoms with Gasteiger partial charge in [0, 0.05) is 30.4 Å². The zero-order valence-electron chi connectivity index (χ0n) is 11.8. The van der Waals surface area contributed by atoms with Gasteiger partial charge in [0.15, 0.2) is 0 Å². The summed E-state index contributed by atoms with van der Waals surface area (Å²) in [5.41, 5.74) is 2.12. The predicted octanol–water partition coefficient (Wildman–Crippen LogP) is 3.52. The van der Waals surface area contributed by atoms with Crippen LogP contribution in [0.3, 0.4) is 0 Å². The number of hydrogen-bond acceptors (Lipinski definition) is 4. The molecule has 20 heavy (non-hydrogen) atoms. The lowest BCUT2D eigenvalue weighted by atomic mass is 10.1. The zero-order chi connectivity index (χ0) is 14.7. The lowest BCUT2D eigenvalue weighted by Gasteiger charge is -2.21. The van der Waals surface area contributed by atoms with Crippen LogP contribution >= 0.6 is 11.6 Å². The first kappa shape index (κ1) is 14.6. The van der Waals surface area contributed by atoms with Crippen LogP contribution in [0.5, 0.6) is 0 Å². The Morgan fingerprint density at radius 2 is 2.05 bits per heavy atom. The molecule has 1 aromatic heterocycles. The Hall–Kier alpha value is -1.81. The van der Waals surface area contributed by atoms with Crippen LogP contribution in [-0.4, -0.2) is 31.2 Å². The topological polar surface area (TPSA) is 42.4 Å². The molecule has 0 saturated heterocycles. The molecule has 5 heteroatoms. The molecule has 1 heterocycles. The van der Waals surface area contributed by atoms with Gasteiger partial charge in [-0.2, -0.15) is 0 Å². The highest BCUT2D eigenvalue weighted by Crippen LogP contribution is 2.29. The summed E-state index contributed by atoms with van der Waals surface area (Å²) in [5, 5.41) is 1.15. The first-order valence-corrected chi connectivity index (χ1v) is 6.91. The first-order chi connectivity index (χ1) is 9.62. The monoisotopic (exact) mass is 292 g/mol. The van der Waals surface area contributed by atoms with Crippen molar-refractivity contribution in [2.45, 2.75) is 13.8 Å². The number of methoxy groups -OCH3 is 1. The second-order valence-corrected chi connectivity index (χ2v) is 4.73. The normalized spacial score (nSPS) is 10.6. The van der Waals surface area contributed by atoms with Crippen molar-refractivity contribution in [3.05, 3.63) is 35.0 Å². The lowest BCUT2D eigenvalue weighted by molar-refractivity contribution is 0.0600. The molecule has 0 aliphatic heterocycles. The number of benzene rings is 1. The fourth-order valence-corrected chi connectivity index (χ4v) is 2.46. The molecule has 0 unspecified atom stereocenters. The Balaban J connectivity index is 2.60. The summed E-state index contributed by atoms with van der Waals surface area (Å²) in [7, 11) is 1.33. The Morgan fingerprint density at radius 3 is 2.65 bits per heavy atom. The maximum absolute atomic E-state index is 11.7. The van der Waals surface area contributed by atoms with E-state index < -0.39 is 5.97 Å². The molecule has 0 fully saturated rings. The quantitative estimate of drug-likeness (QED) is 0.809. The number of carbonyl (C=O) groups excluding carboxylic acids is 1. The minimum Gasteiger partial charge on any atom is -0.465 e. The van der Waals surface area contributed by atoms with Gasteiger partial charge in [0.05, 0.1) is 23.2 Å². The second kappa shape index (κ2) is 6.09. The Kier molecular flexibility index (Phi) is 4.45. The number of rotatable bonds is 4. The van der Waals surface area contributed by atoms with Gasteiger partial charge in [-0.25, -0.2) is 4.79 Å². The third-order valence-corrected chi connectivity index (χ3v) is 3.73. The highest BCUT2D eigenvalue weighted by atomic mass is 35.5. The number of aromatic nitrogens is 1. The van der Waals surface area contributed by atoms with E-state index in [0.717, 1.165) is 29.7 Å². The van der Waals surface area contributed by atoms with E-state index in [9.17, 15) is 4.79 Å². The van der Waals surface area contributed by atoms with Crippen LogP contribution in [0.25, 0.3) is 10.9 Å². The van der Waals surface area contributed by atoms with Crippen LogP contribution in [0.15, 0.2) is 24.4 Å². The first-order valence-electron chi connectivity index (χ1n) is 6.53. The van der Waals surface area contributed by atoms with Gasteiger partial charge in [0.25, 0.3) is 0 Å². The third-order valence-electron chi connectivity index (χ3n) is 3.32. The van der Waals surface area contributed by atoms with E-state index in [4.69, 9.17) is 16.3 Å². The second-order valence-electron chi connectivity index (χ2n) is 4.35.